The number of hydrogen-bond donors (Lipinski definition) is 3. The van der Waals surface area contributed by atoms with Gasteiger partial charge in [0.2, 0.25) is 5.91 Å². The third-order valence-electron chi connectivity index (χ3n) is 8.63. The summed E-state index contributed by atoms with van der Waals surface area (Å²) in [6.45, 7) is 6.89. The molecule has 6 nitrogen and oxygen atoms in total. The second-order valence-electron chi connectivity index (χ2n) is 10.7. The molecule has 0 spiro atoms. The van der Waals surface area contributed by atoms with Crippen LogP contribution in [0.15, 0.2) is 41.8 Å². The third-order valence-corrected chi connectivity index (χ3v) is 9.51. The summed E-state index contributed by atoms with van der Waals surface area (Å²) in [6, 6.07) is 11.1. The third kappa shape index (κ3) is 5.41. The molecule has 0 radical (unpaired) electrons. The van der Waals surface area contributed by atoms with Crippen molar-refractivity contribution in [1.29, 1.82) is 0 Å². The second kappa shape index (κ2) is 10.7. The Morgan fingerprint density at radius 1 is 1.20 bits per heavy atom. The van der Waals surface area contributed by atoms with Crippen LogP contribution in [0.4, 0.5) is 0 Å². The highest BCUT2D eigenvalue weighted by molar-refractivity contribution is 7.09. The summed E-state index contributed by atoms with van der Waals surface area (Å²) in [5.41, 5.74) is 0.619. The molecule has 1 unspecified atom stereocenters. The smallest absolute Gasteiger partial charge is 0.251 e. The molecule has 2 fully saturated rings. The molecule has 1 heterocycles. The first-order valence-corrected chi connectivity index (χ1v) is 13.5. The van der Waals surface area contributed by atoms with E-state index in [9.17, 15) is 14.7 Å². The van der Waals surface area contributed by atoms with Gasteiger partial charge in [-0.15, -0.1) is 11.3 Å². The van der Waals surface area contributed by atoms with Gasteiger partial charge in [0.25, 0.3) is 5.91 Å². The number of aliphatic hydroxyl groups is 1. The van der Waals surface area contributed by atoms with E-state index in [1.54, 1.807) is 42.7 Å². The highest BCUT2D eigenvalue weighted by Crippen LogP contribution is 2.55. The first-order chi connectivity index (χ1) is 16.7. The summed E-state index contributed by atoms with van der Waals surface area (Å²) >= 11 is 1.63. The largest absolute Gasteiger partial charge is 0.497 e. The fourth-order valence-electron chi connectivity index (χ4n) is 6.43. The fraction of sp³-hybridized carbons (Fsp3) is 0.571. The van der Waals surface area contributed by atoms with Crippen molar-refractivity contribution in [3.8, 4) is 5.75 Å². The lowest BCUT2D eigenvalue weighted by Gasteiger charge is -2.56. The number of methoxy groups -OCH3 is 1. The number of carbonyl (C=O) groups excluding carboxylic acids is 2. The van der Waals surface area contributed by atoms with E-state index < -0.39 is 6.10 Å². The molecular weight excluding hydrogens is 460 g/mol. The van der Waals surface area contributed by atoms with Crippen LogP contribution < -0.4 is 15.4 Å². The Hall–Kier alpha value is -2.38. The standard InChI is InChI=1S/C28H38N2O4S/c1-17(26(32)29-16-21-6-5-15-35-21)22-11-13-28(3)14-12-23(18(2)24(28)25(22)31)30-27(33)19-7-9-20(34-4)10-8-19/h5-10,15,17-18,22-25,31H,11-14,16H2,1-4H3,(H,29,32)(H,30,33)/t17-,18+,22?,23-,24+,25-,28-/m0/s1. The predicted molar refractivity (Wildman–Crippen MR) is 138 cm³/mol. The zero-order chi connectivity index (χ0) is 25.2. The molecule has 1 aromatic heterocycles. The average Bonchev–Trinajstić information content (AvgIpc) is 3.38. The van der Waals surface area contributed by atoms with E-state index in [-0.39, 0.29) is 46.9 Å². The van der Waals surface area contributed by atoms with Gasteiger partial charge in [-0.2, -0.15) is 0 Å². The van der Waals surface area contributed by atoms with Crippen molar-refractivity contribution in [2.24, 2.45) is 29.1 Å². The van der Waals surface area contributed by atoms with Crippen LogP contribution in [-0.4, -0.2) is 36.2 Å². The molecule has 2 amide bonds. The van der Waals surface area contributed by atoms with Crippen LogP contribution in [0.5, 0.6) is 5.75 Å². The number of nitrogens with one attached hydrogen (secondary N) is 2. The number of fused-ring (bicyclic) bond motifs is 1. The van der Waals surface area contributed by atoms with Crippen LogP contribution in [0, 0.1) is 29.1 Å². The summed E-state index contributed by atoms with van der Waals surface area (Å²) < 4.78 is 5.19. The molecule has 1 aromatic carbocycles. The molecule has 2 aliphatic carbocycles. The lowest BCUT2D eigenvalue weighted by Crippen LogP contribution is -2.58. The maximum absolute atomic E-state index is 12.9. The van der Waals surface area contributed by atoms with Crippen LogP contribution in [0.1, 0.15) is 61.7 Å². The van der Waals surface area contributed by atoms with Gasteiger partial charge in [-0.05, 0) is 84.6 Å². The van der Waals surface area contributed by atoms with Gasteiger partial charge in [0.1, 0.15) is 5.75 Å². The molecule has 0 bridgehead atoms. The molecule has 4 rings (SSSR count). The molecule has 7 atom stereocenters. The Balaban J connectivity index is 1.42. The molecule has 2 aliphatic rings. The lowest BCUT2D eigenvalue weighted by atomic mass is 9.51. The Kier molecular flexibility index (Phi) is 7.86. The van der Waals surface area contributed by atoms with Crippen molar-refractivity contribution in [3.05, 3.63) is 52.2 Å². The van der Waals surface area contributed by atoms with Gasteiger partial charge in [0, 0.05) is 22.4 Å². The lowest BCUT2D eigenvalue weighted by molar-refractivity contribution is -0.142. The topological polar surface area (TPSA) is 87.7 Å². The van der Waals surface area contributed by atoms with Crippen molar-refractivity contribution in [2.75, 3.05) is 7.11 Å². The summed E-state index contributed by atoms with van der Waals surface area (Å²) in [4.78, 5) is 27.0. The van der Waals surface area contributed by atoms with Crippen molar-refractivity contribution in [3.63, 3.8) is 0 Å². The minimum Gasteiger partial charge on any atom is -0.497 e. The average molecular weight is 499 g/mol. The van der Waals surface area contributed by atoms with Gasteiger partial charge in [-0.3, -0.25) is 9.59 Å². The number of thiophene rings is 1. The molecule has 2 aromatic rings. The van der Waals surface area contributed by atoms with Gasteiger partial charge in [-0.1, -0.05) is 26.8 Å². The normalized spacial score (nSPS) is 31.2. The zero-order valence-electron chi connectivity index (χ0n) is 21.1. The van der Waals surface area contributed by atoms with E-state index >= 15 is 0 Å². The predicted octanol–water partition coefficient (Wildman–Crippen LogP) is 4.63. The maximum atomic E-state index is 12.9. The number of benzene rings is 1. The Morgan fingerprint density at radius 3 is 2.57 bits per heavy atom. The number of aliphatic hydroxyl groups excluding tert-OH is 1. The van der Waals surface area contributed by atoms with Crippen LogP contribution in [-0.2, 0) is 11.3 Å². The van der Waals surface area contributed by atoms with Gasteiger partial charge in [0.15, 0.2) is 0 Å². The van der Waals surface area contributed by atoms with Crippen LogP contribution in [0.3, 0.4) is 0 Å². The number of ether oxygens (including phenoxy) is 1. The SMILES string of the molecule is COc1ccc(C(=O)N[C@H]2CC[C@]3(C)CCC([C@H](C)C(=O)NCc4cccs4)[C@H](O)[C@H]3[C@@H]2C)cc1. The van der Waals surface area contributed by atoms with E-state index in [1.165, 1.54) is 0 Å². The Morgan fingerprint density at radius 2 is 1.91 bits per heavy atom. The molecule has 190 valence electrons. The quantitative estimate of drug-likeness (QED) is 0.519. The molecule has 35 heavy (non-hydrogen) atoms. The van der Waals surface area contributed by atoms with E-state index in [4.69, 9.17) is 4.74 Å². The highest BCUT2D eigenvalue weighted by atomic mass is 32.1. The monoisotopic (exact) mass is 498 g/mol. The van der Waals surface area contributed by atoms with Gasteiger partial charge >= 0.3 is 0 Å². The van der Waals surface area contributed by atoms with Gasteiger partial charge < -0.3 is 20.5 Å². The number of hydrogen-bond acceptors (Lipinski definition) is 5. The summed E-state index contributed by atoms with van der Waals surface area (Å²) in [5.74, 6) is 0.396. The number of rotatable bonds is 7. The van der Waals surface area contributed by atoms with Gasteiger partial charge in [-0.25, -0.2) is 0 Å². The van der Waals surface area contributed by atoms with Crippen LogP contribution >= 0.6 is 11.3 Å². The molecule has 0 aliphatic heterocycles. The Bertz CT molecular complexity index is 1010. The molecule has 3 N–H and O–H groups in total. The molecular formula is C28H38N2O4S. The zero-order valence-corrected chi connectivity index (χ0v) is 21.9. The van der Waals surface area contributed by atoms with Crippen LogP contribution in [0.25, 0.3) is 0 Å². The second-order valence-corrected chi connectivity index (χ2v) is 11.7. The molecule has 0 saturated heterocycles. The van der Waals surface area contributed by atoms with E-state index in [0.717, 1.165) is 30.6 Å². The summed E-state index contributed by atoms with van der Waals surface area (Å²) in [6.07, 6.45) is 3.11. The van der Waals surface area contributed by atoms with Gasteiger partial charge in [0.05, 0.1) is 19.8 Å². The minimum atomic E-state index is -0.577. The number of carbonyl (C=O) groups is 2. The van der Waals surface area contributed by atoms with Crippen LogP contribution in [0.2, 0.25) is 0 Å². The van der Waals surface area contributed by atoms with Crippen molar-refractivity contribution in [1.82, 2.24) is 10.6 Å². The maximum Gasteiger partial charge on any atom is 0.251 e. The first kappa shape index (κ1) is 25.7. The molecule has 2 saturated carbocycles. The Labute approximate surface area is 212 Å². The molecule has 7 heteroatoms. The minimum absolute atomic E-state index is 0.00104. The summed E-state index contributed by atoms with van der Waals surface area (Å²) in [7, 11) is 1.60. The van der Waals surface area contributed by atoms with Crippen molar-refractivity contribution >= 4 is 23.2 Å². The number of amides is 2. The first-order valence-electron chi connectivity index (χ1n) is 12.7. The van der Waals surface area contributed by atoms with E-state index in [1.807, 2.05) is 24.4 Å². The summed E-state index contributed by atoms with van der Waals surface area (Å²) in [5, 5.41) is 19.9. The van der Waals surface area contributed by atoms with E-state index in [2.05, 4.69) is 24.5 Å². The van der Waals surface area contributed by atoms with Crippen molar-refractivity contribution < 1.29 is 19.4 Å². The highest BCUT2D eigenvalue weighted by Gasteiger charge is 2.53. The van der Waals surface area contributed by atoms with Crippen molar-refractivity contribution in [2.45, 2.75) is 65.1 Å². The van der Waals surface area contributed by atoms with E-state index in [0.29, 0.717) is 17.9 Å². The fourth-order valence-corrected chi connectivity index (χ4v) is 7.08.